The zero-order valence-electron chi connectivity index (χ0n) is 12.5. The van der Waals surface area contributed by atoms with Gasteiger partial charge in [-0.3, -0.25) is 0 Å². The average Bonchev–Trinajstić information content (AvgIpc) is 2.45. The molecule has 4 aliphatic carbocycles. The van der Waals surface area contributed by atoms with E-state index in [0.717, 1.165) is 28.9 Å². The van der Waals surface area contributed by atoms with E-state index in [0.29, 0.717) is 11.5 Å². The van der Waals surface area contributed by atoms with E-state index >= 15 is 0 Å². The Kier molecular flexibility index (Phi) is 2.82. The van der Waals surface area contributed by atoms with Gasteiger partial charge < -0.3 is 10.3 Å². The standard InChI is InChI=1S/C18H23NO2/c1-11(19-21)15-2-3-17(20)16(7-15)18-8-12-4-13(9-18)6-14(5-12)10-18/h2-3,7,12-14,20-21H,4-6,8-10H2,1H3/b19-11-. The maximum absolute atomic E-state index is 10.4. The number of phenolic OH excluding ortho intramolecular Hbond substituents is 1. The van der Waals surface area contributed by atoms with Crippen LogP contribution in [0, 0.1) is 17.8 Å². The van der Waals surface area contributed by atoms with Crippen molar-refractivity contribution < 1.29 is 10.3 Å². The molecule has 112 valence electrons. The summed E-state index contributed by atoms with van der Waals surface area (Å²) in [6, 6.07) is 5.68. The van der Waals surface area contributed by atoms with E-state index in [2.05, 4.69) is 11.2 Å². The highest BCUT2D eigenvalue weighted by atomic mass is 16.4. The van der Waals surface area contributed by atoms with Gasteiger partial charge in [0.05, 0.1) is 5.71 Å². The van der Waals surface area contributed by atoms with E-state index in [9.17, 15) is 5.11 Å². The predicted octanol–water partition coefficient (Wildman–Crippen LogP) is 4.06. The summed E-state index contributed by atoms with van der Waals surface area (Å²) in [5, 5.41) is 22.8. The van der Waals surface area contributed by atoms with Crippen LogP contribution >= 0.6 is 0 Å². The first-order valence-electron chi connectivity index (χ1n) is 8.12. The average molecular weight is 285 g/mol. The molecule has 4 fully saturated rings. The summed E-state index contributed by atoms with van der Waals surface area (Å²) in [4.78, 5) is 0. The van der Waals surface area contributed by atoms with Crippen molar-refractivity contribution in [2.75, 3.05) is 0 Å². The fourth-order valence-electron chi connectivity index (χ4n) is 5.68. The molecule has 0 aromatic heterocycles. The van der Waals surface area contributed by atoms with Crippen molar-refractivity contribution in [3.05, 3.63) is 29.3 Å². The van der Waals surface area contributed by atoms with Crippen LogP contribution in [0.2, 0.25) is 0 Å². The lowest BCUT2D eigenvalue weighted by atomic mass is 9.48. The summed E-state index contributed by atoms with van der Waals surface area (Å²) in [5.74, 6) is 2.98. The van der Waals surface area contributed by atoms with E-state index in [1.54, 1.807) is 13.0 Å². The number of benzene rings is 1. The first-order valence-corrected chi connectivity index (χ1v) is 8.12. The van der Waals surface area contributed by atoms with Crippen molar-refractivity contribution >= 4 is 5.71 Å². The Morgan fingerprint density at radius 1 is 1.10 bits per heavy atom. The third kappa shape index (κ3) is 1.97. The molecule has 0 heterocycles. The van der Waals surface area contributed by atoms with Gasteiger partial charge in [-0.25, -0.2) is 0 Å². The van der Waals surface area contributed by atoms with Gasteiger partial charge in [0.2, 0.25) is 0 Å². The lowest BCUT2D eigenvalue weighted by Crippen LogP contribution is -2.48. The van der Waals surface area contributed by atoms with E-state index in [1.165, 1.54) is 38.5 Å². The van der Waals surface area contributed by atoms with Gasteiger partial charge in [-0.2, -0.15) is 0 Å². The molecule has 1 aromatic carbocycles. The molecule has 0 unspecified atom stereocenters. The second kappa shape index (κ2) is 4.49. The number of aromatic hydroxyl groups is 1. The van der Waals surface area contributed by atoms with Crippen molar-refractivity contribution in [3.63, 3.8) is 0 Å². The van der Waals surface area contributed by atoms with Gasteiger partial charge in [0.1, 0.15) is 5.75 Å². The van der Waals surface area contributed by atoms with E-state index in [4.69, 9.17) is 5.21 Å². The van der Waals surface area contributed by atoms with Crippen LogP contribution in [-0.4, -0.2) is 16.0 Å². The lowest BCUT2D eigenvalue weighted by Gasteiger charge is -2.57. The molecule has 3 heteroatoms. The van der Waals surface area contributed by atoms with Crippen LogP contribution in [0.4, 0.5) is 0 Å². The molecule has 0 amide bonds. The Morgan fingerprint density at radius 2 is 1.67 bits per heavy atom. The molecule has 2 N–H and O–H groups in total. The molecule has 1 aromatic rings. The van der Waals surface area contributed by atoms with Crippen LogP contribution in [0.25, 0.3) is 0 Å². The number of phenols is 1. The molecule has 0 atom stereocenters. The third-order valence-corrected chi connectivity index (χ3v) is 6.17. The van der Waals surface area contributed by atoms with Gasteiger partial charge in [0.15, 0.2) is 0 Å². The second-order valence-electron chi connectivity index (χ2n) is 7.62. The smallest absolute Gasteiger partial charge is 0.119 e. The van der Waals surface area contributed by atoms with Crippen molar-refractivity contribution in [1.29, 1.82) is 0 Å². The molecule has 0 radical (unpaired) electrons. The summed E-state index contributed by atoms with van der Waals surface area (Å²) in [6.07, 6.45) is 7.88. The molecule has 0 aliphatic heterocycles. The summed E-state index contributed by atoms with van der Waals surface area (Å²) < 4.78 is 0. The third-order valence-electron chi connectivity index (χ3n) is 6.17. The molecule has 4 bridgehead atoms. The van der Waals surface area contributed by atoms with Crippen LogP contribution in [0.15, 0.2) is 23.4 Å². The fraction of sp³-hybridized carbons (Fsp3) is 0.611. The predicted molar refractivity (Wildman–Crippen MR) is 82.0 cm³/mol. The molecule has 21 heavy (non-hydrogen) atoms. The molecule has 5 rings (SSSR count). The van der Waals surface area contributed by atoms with E-state index in [-0.39, 0.29) is 5.41 Å². The van der Waals surface area contributed by atoms with E-state index < -0.39 is 0 Å². The minimum absolute atomic E-state index is 0.171. The molecule has 4 aliphatic rings. The number of hydrogen-bond acceptors (Lipinski definition) is 3. The molecule has 3 nitrogen and oxygen atoms in total. The first kappa shape index (κ1) is 13.2. The quantitative estimate of drug-likeness (QED) is 0.489. The minimum atomic E-state index is 0.171. The summed E-state index contributed by atoms with van der Waals surface area (Å²) in [6.45, 7) is 1.80. The normalized spacial score (nSPS) is 38.0. The van der Waals surface area contributed by atoms with Crippen LogP contribution in [-0.2, 0) is 5.41 Å². The number of nitrogens with zero attached hydrogens (tertiary/aromatic N) is 1. The van der Waals surface area contributed by atoms with Crippen molar-refractivity contribution in [2.45, 2.75) is 50.9 Å². The van der Waals surface area contributed by atoms with Gasteiger partial charge in [0, 0.05) is 5.56 Å². The van der Waals surface area contributed by atoms with Gasteiger partial charge in [0.25, 0.3) is 0 Å². The zero-order valence-corrected chi connectivity index (χ0v) is 12.5. The summed E-state index contributed by atoms with van der Waals surface area (Å²) in [7, 11) is 0. The second-order valence-corrected chi connectivity index (χ2v) is 7.62. The number of rotatable bonds is 2. The lowest BCUT2D eigenvalue weighted by molar-refractivity contribution is -0.00613. The van der Waals surface area contributed by atoms with Crippen molar-refractivity contribution in [1.82, 2.24) is 0 Å². The largest absolute Gasteiger partial charge is 0.508 e. The molecule has 4 saturated carbocycles. The molecular formula is C18H23NO2. The number of hydrogen-bond donors (Lipinski definition) is 2. The zero-order chi connectivity index (χ0) is 14.6. The maximum atomic E-state index is 10.4. The minimum Gasteiger partial charge on any atom is -0.508 e. The first-order chi connectivity index (χ1) is 10.1. The van der Waals surface area contributed by atoms with Gasteiger partial charge in [-0.05, 0) is 92.4 Å². The van der Waals surface area contributed by atoms with Gasteiger partial charge in [-0.15, -0.1) is 0 Å². The van der Waals surface area contributed by atoms with Gasteiger partial charge >= 0.3 is 0 Å². The Bertz CT molecular complexity index is 570. The van der Waals surface area contributed by atoms with Crippen molar-refractivity contribution in [3.8, 4) is 5.75 Å². The highest BCUT2D eigenvalue weighted by Crippen LogP contribution is 2.61. The Morgan fingerprint density at radius 3 is 2.19 bits per heavy atom. The van der Waals surface area contributed by atoms with Gasteiger partial charge in [-0.1, -0.05) is 5.16 Å². The maximum Gasteiger partial charge on any atom is 0.119 e. The summed E-state index contributed by atoms with van der Waals surface area (Å²) >= 11 is 0. The van der Waals surface area contributed by atoms with Crippen LogP contribution in [0.5, 0.6) is 5.75 Å². The molecule has 0 saturated heterocycles. The Labute approximate surface area is 125 Å². The summed E-state index contributed by atoms with van der Waals surface area (Å²) in [5.41, 5.74) is 2.80. The highest BCUT2D eigenvalue weighted by Gasteiger charge is 2.52. The highest BCUT2D eigenvalue weighted by molar-refractivity contribution is 5.98. The Hall–Kier alpha value is -1.51. The van der Waals surface area contributed by atoms with E-state index in [1.807, 2.05) is 6.07 Å². The van der Waals surface area contributed by atoms with Crippen LogP contribution < -0.4 is 0 Å². The van der Waals surface area contributed by atoms with Crippen LogP contribution in [0.1, 0.15) is 56.6 Å². The number of oxime groups is 1. The van der Waals surface area contributed by atoms with Crippen LogP contribution in [0.3, 0.4) is 0 Å². The van der Waals surface area contributed by atoms with Crippen molar-refractivity contribution in [2.24, 2.45) is 22.9 Å². The SMILES string of the molecule is C/C(=N/O)c1ccc(O)c(C23CC4CC(CC(C4)C2)C3)c1. The fourth-order valence-corrected chi connectivity index (χ4v) is 5.68. The molecule has 0 spiro atoms. The Balaban J connectivity index is 1.79. The monoisotopic (exact) mass is 285 g/mol. The molecular weight excluding hydrogens is 262 g/mol. The topological polar surface area (TPSA) is 52.8 Å².